The van der Waals surface area contributed by atoms with Gasteiger partial charge in [-0.05, 0) is 24.3 Å². The minimum absolute atomic E-state index is 0.0326. The summed E-state index contributed by atoms with van der Waals surface area (Å²) in [6.07, 6.45) is 2.09. The van der Waals surface area contributed by atoms with Gasteiger partial charge in [0.05, 0.1) is 11.0 Å². The zero-order valence-corrected chi connectivity index (χ0v) is 23.8. The number of aromatic nitrogens is 4. The van der Waals surface area contributed by atoms with Crippen LogP contribution in [0.2, 0.25) is 0 Å². The molecule has 0 spiro atoms. The van der Waals surface area contributed by atoms with Crippen molar-refractivity contribution in [1.29, 1.82) is 0 Å². The van der Waals surface area contributed by atoms with Crippen molar-refractivity contribution in [2.24, 2.45) is 0 Å². The molecule has 0 bridgehead atoms. The number of fused-ring (bicyclic) bond motifs is 4. The van der Waals surface area contributed by atoms with Crippen molar-refractivity contribution < 1.29 is 45.8 Å². The molecule has 2 aromatic carbocycles. The third-order valence-corrected chi connectivity index (χ3v) is 9.79. The highest BCUT2D eigenvalue weighted by atomic mass is 32.2. The van der Waals surface area contributed by atoms with Crippen molar-refractivity contribution in [3.8, 4) is 23.5 Å². The maximum atomic E-state index is 13.2. The predicted octanol–water partition coefficient (Wildman–Crippen LogP) is 2.34. The fourth-order valence-corrected chi connectivity index (χ4v) is 7.44. The van der Waals surface area contributed by atoms with Gasteiger partial charge in [-0.1, -0.05) is 45.9 Å². The normalized spacial score (nSPS) is 13.1. The average Bonchev–Trinajstić information content (AvgIpc) is 3.38. The largest absolute Gasteiger partial charge is 0.492 e. The molecule has 0 radical (unpaired) electrons. The van der Waals surface area contributed by atoms with E-state index in [1.54, 1.807) is 36.4 Å². The van der Waals surface area contributed by atoms with Gasteiger partial charge in [0, 0.05) is 58.3 Å². The molecule has 224 valence electrons. The summed E-state index contributed by atoms with van der Waals surface area (Å²) < 4.78 is 63.8. The molecule has 0 unspecified atom stereocenters. The standard InChI is InChI=1S/C28H20N4O10S2/c33-25-17-13-19-20(28(36)32(27(19)35)42-44(39,40)22-10-2-6-16-8-4-12-30-24(16)22)14-18(17)26(34)31(25)41-43(37,38)21-9-1-5-15-7-3-11-29-23(15)21/h1-12,33-36H,13-14H2. The van der Waals surface area contributed by atoms with Crippen LogP contribution in [-0.4, -0.2) is 56.7 Å². The van der Waals surface area contributed by atoms with Crippen LogP contribution in [0.3, 0.4) is 0 Å². The lowest BCUT2D eigenvalue weighted by Crippen LogP contribution is -2.20. The summed E-state index contributed by atoms with van der Waals surface area (Å²) in [5.74, 6) is -3.16. The maximum absolute atomic E-state index is 13.2. The maximum Gasteiger partial charge on any atom is 0.359 e. The predicted molar refractivity (Wildman–Crippen MR) is 152 cm³/mol. The van der Waals surface area contributed by atoms with Crippen molar-refractivity contribution in [2.45, 2.75) is 22.6 Å². The first-order valence-corrected chi connectivity index (χ1v) is 15.7. The summed E-state index contributed by atoms with van der Waals surface area (Å²) in [4.78, 5) is 7.57. The van der Waals surface area contributed by atoms with Crippen molar-refractivity contribution in [3.63, 3.8) is 0 Å². The van der Waals surface area contributed by atoms with E-state index < -0.39 is 43.8 Å². The number of para-hydroxylation sites is 2. The molecule has 1 aliphatic rings. The number of hydrogen-bond acceptors (Lipinski definition) is 12. The van der Waals surface area contributed by atoms with Crippen molar-refractivity contribution in [2.75, 3.05) is 0 Å². The highest BCUT2D eigenvalue weighted by Gasteiger charge is 2.37. The van der Waals surface area contributed by atoms with Crippen LogP contribution in [-0.2, 0) is 33.1 Å². The number of hydrogen-bond donors (Lipinski definition) is 4. The van der Waals surface area contributed by atoms with E-state index in [9.17, 15) is 37.3 Å². The Bertz CT molecular complexity index is 2150. The Labute approximate surface area is 248 Å². The smallest absolute Gasteiger partial charge is 0.359 e. The second kappa shape index (κ2) is 9.51. The summed E-state index contributed by atoms with van der Waals surface area (Å²) in [5.41, 5.74) is 0.0917. The first-order chi connectivity index (χ1) is 21.0. The van der Waals surface area contributed by atoms with Gasteiger partial charge in [-0.15, -0.1) is 0 Å². The molecular weight excluding hydrogens is 616 g/mol. The number of rotatable bonds is 6. The quantitative estimate of drug-likeness (QED) is 0.208. The van der Waals surface area contributed by atoms with Crippen LogP contribution >= 0.6 is 0 Å². The Morgan fingerprint density at radius 3 is 1.25 bits per heavy atom. The summed E-state index contributed by atoms with van der Waals surface area (Å²) in [6, 6.07) is 15.4. The van der Waals surface area contributed by atoms with Gasteiger partial charge in [0.25, 0.3) is 0 Å². The molecule has 16 heteroatoms. The fourth-order valence-electron chi connectivity index (χ4n) is 5.30. The SMILES string of the molecule is O=S(=O)(On1c(O)c2c(c1O)Cc1c(c(O)n(OS(=O)(=O)c3cccc4cccnc34)c1O)C2)c1cccc2cccnc12. The number of pyridine rings is 2. The average molecular weight is 637 g/mol. The Kier molecular flexibility index (Phi) is 5.92. The Hall–Kier alpha value is -5.48. The van der Waals surface area contributed by atoms with Gasteiger partial charge in [-0.2, -0.15) is 16.8 Å². The minimum atomic E-state index is -4.64. The molecule has 1 aliphatic carbocycles. The van der Waals surface area contributed by atoms with E-state index in [4.69, 9.17) is 8.57 Å². The van der Waals surface area contributed by atoms with Crippen molar-refractivity contribution in [3.05, 3.63) is 95.3 Å². The third-order valence-electron chi connectivity index (χ3n) is 7.36. The van der Waals surface area contributed by atoms with E-state index in [-0.39, 0.29) is 55.9 Å². The molecule has 4 heterocycles. The Morgan fingerprint density at radius 2 is 0.886 bits per heavy atom. The lowest BCUT2D eigenvalue weighted by Gasteiger charge is -2.11. The molecule has 0 atom stereocenters. The molecule has 0 fully saturated rings. The van der Waals surface area contributed by atoms with Crippen LogP contribution in [0.15, 0.2) is 82.8 Å². The second-order valence-electron chi connectivity index (χ2n) is 9.87. The first kappa shape index (κ1) is 27.4. The lowest BCUT2D eigenvalue weighted by atomic mass is 9.90. The molecule has 0 saturated heterocycles. The van der Waals surface area contributed by atoms with Gasteiger partial charge >= 0.3 is 20.2 Å². The Morgan fingerprint density at radius 1 is 0.545 bits per heavy atom. The van der Waals surface area contributed by atoms with Crippen molar-refractivity contribution >= 4 is 42.0 Å². The zero-order chi connectivity index (χ0) is 31.0. The van der Waals surface area contributed by atoms with Gasteiger partial charge in [-0.25, -0.2) is 0 Å². The van der Waals surface area contributed by atoms with E-state index in [1.807, 2.05) is 0 Å². The molecule has 7 rings (SSSR count). The summed E-state index contributed by atoms with van der Waals surface area (Å²) in [6.45, 7) is 0. The van der Waals surface area contributed by atoms with E-state index in [0.717, 1.165) is 0 Å². The minimum Gasteiger partial charge on any atom is -0.492 e. The third kappa shape index (κ3) is 4.06. The molecule has 0 amide bonds. The zero-order valence-electron chi connectivity index (χ0n) is 22.2. The summed E-state index contributed by atoms with van der Waals surface area (Å²) in [7, 11) is -9.28. The summed E-state index contributed by atoms with van der Waals surface area (Å²) in [5, 5.41) is 44.7. The number of benzene rings is 2. The number of nitrogens with zero attached hydrogens (tertiary/aromatic N) is 4. The van der Waals surface area contributed by atoms with Gasteiger partial charge in [0.1, 0.15) is 9.79 Å². The molecule has 0 saturated carbocycles. The van der Waals surface area contributed by atoms with E-state index in [2.05, 4.69) is 9.97 Å². The molecule has 4 aromatic heterocycles. The molecule has 44 heavy (non-hydrogen) atoms. The number of aromatic hydroxyl groups is 4. The molecular formula is C28H20N4O10S2. The summed E-state index contributed by atoms with van der Waals surface area (Å²) >= 11 is 0. The van der Waals surface area contributed by atoms with Gasteiger partial charge in [0.15, 0.2) is 0 Å². The van der Waals surface area contributed by atoms with Crippen LogP contribution in [0, 0.1) is 0 Å². The van der Waals surface area contributed by atoms with Crippen LogP contribution in [0.25, 0.3) is 21.8 Å². The highest BCUT2D eigenvalue weighted by Crippen LogP contribution is 2.46. The molecule has 0 aliphatic heterocycles. The van der Waals surface area contributed by atoms with Crippen LogP contribution in [0.1, 0.15) is 22.3 Å². The second-order valence-corrected chi connectivity index (χ2v) is 12.9. The molecule has 14 nitrogen and oxygen atoms in total. The van der Waals surface area contributed by atoms with E-state index in [1.165, 1.54) is 36.7 Å². The highest BCUT2D eigenvalue weighted by molar-refractivity contribution is 7.87. The van der Waals surface area contributed by atoms with Crippen molar-refractivity contribution in [1.82, 2.24) is 19.4 Å². The monoisotopic (exact) mass is 636 g/mol. The Balaban J connectivity index is 1.23. The lowest BCUT2D eigenvalue weighted by molar-refractivity contribution is 0.200. The van der Waals surface area contributed by atoms with Gasteiger partial charge < -0.3 is 20.4 Å². The van der Waals surface area contributed by atoms with Gasteiger partial charge in [-0.3, -0.25) is 18.5 Å². The molecule has 4 N–H and O–H groups in total. The van der Waals surface area contributed by atoms with Gasteiger partial charge in [0.2, 0.25) is 23.5 Å². The van der Waals surface area contributed by atoms with Crippen LogP contribution < -0.4 is 8.57 Å². The first-order valence-electron chi connectivity index (χ1n) is 12.8. The fraction of sp³-hybridized carbons (Fsp3) is 0.0714. The van der Waals surface area contributed by atoms with Crippen LogP contribution in [0.4, 0.5) is 0 Å². The van der Waals surface area contributed by atoms with Crippen LogP contribution in [0.5, 0.6) is 23.5 Å². The molecule has 6 aromatic rings. The topological polar surface area (TPSA) is 203 Å². The van der Waals surface area contributed by atoms with E-state index >= 15 is 0 Å². The van der Waals surface area contributed by atoms with E-state index in [0.29, 0.717) is 20.2 Å².